The van der Waals surface area contributed by atoms with E-state index in [1.165, 1.54) is 0 Å². The molecular weight excluding hydrogens is 560 g/mol. The summed E-state index contributed by atoms with van der Waals surface area (Å²) < 4.78 is 19.2. The summed E-state index contributed by atoms with van der Waals surface area (Å²) in [4.78, 5) is 25.9. The molecule has 2 aromatic rings. The van der Waals surface area contributed by atoms with E-state index in [0.29, 0.717) is 25.2 Å². The molecule has 0 spiro atoms. The van der Waals surface area contributed by atoms with Gasteiger partial charge in [-0.2, -0.15) is 0 Å². The summed E-state index contributed by atoms with van der Waals surface area (Å²) in [6, 6.07) is 15.0. The molecule has 5 aliphatic rings. The summed E-state index contributed by atoms with van der Waals surface area (Å²) in [5.74, 6) is 0.337. The Hall–Kier alpha value is -3.14. The quantitative estimate of drug-likeness (QED) is 0.429. The van der Waals surface area contributed by atoms with E-state index >= 15 is 0 Å². The van der Waals surface area contributed by atoms with Gasteiger partial charge in [0.2, 0.25) is 0 Å². The third kappa shape index (κ3) is 4.30. The van der Waals surface area contributed by atoms with E-state index in [1.807, 2.05) is 61.5 Å². The third-order valence-electron chi connectivity index (χ3n) is 11.6. The molecule has 8 heteroatoms. The van der Waals surface area contributed by atoms with E-state index in [9.17, 15) is 24.9 Å². The molecule has 1 heterocycles. The highest BCUT2D eigenvalue weighted by atomic mass is 16.7. The van der Waals surface area contributed by atoms with Crippen LogP contribution in [0.25, 0.3) is 0 Å². The molecule has 4 aliphatic carbocycles. The fraction of sp³-hybridized carbons (Fsp3) is 0.500. The predicted octanol–water partition coefficient (Wildman–Crippen LogP) is 4.36. The molecule has 232 valence electrons. The zero-order chi connectivity index (χ0) is 30.9. The number of rotatable bonds is 7. The second-order valence-electron chi connectivity index (χ2n) is 13.7. The zero-order valence-electron chi connectivity index (χ0n) is 25.1. The fourth-order valence-corrected chi connectivity index (χ4v) is 9.46. The van der Waals surface area contributed by atoms with Gasteiger partial charge in [-0.15, -0.1) is 0 Å². The minimum atomic E-state index is -1.38. The largest absolute Gasteiger partial charge is 0.489 e. The molecule has 4 fully saturated rings. The molecule has 44 heavy (non-hydrogen) atoms. The molecule has 1 aliphatic heterocycles. The molecule has 7 rings (SSSR count). The number of fused-ring (bicyclic) bond motifs is 7. The average Bonchev–Trinajstić information content (AvgIpc) is 3.53. The van der Waals surface area contributed by atoms with Crippen molar-refractivity contribution in [3.63, 3.8) is 0 Å². The van der Waals surface area contributed by atoms with Gasteiger partial charge in [-0.3, -0.25) is 9.59 Å². The molecule has 0 aromatic heterocycles. The van der Waals surface area contributed by atoms with E-state index in [0.717, 1.165) is 35.1 Å². The lowest BCUT2D eigenvalue weighted by Gasteiger charge is -2.59. The van der Waals surface area contributed by atoms with E-state index < -0.39 is 47.3 Å². The van der Waals surface area contributed by atoms with Crippen LogP contribution in [0.1, 0.15) is 62.5 Å². The number of hydrogen-bond donors (Lipinski definition) is 3. The monoisotopic (exact) mass is 600 g/mol. The standard InChI is InChI=1S/C36H40O8/c1-34-14-13-25(39)15-24(34)9-12-27-28-16-31-36(30(41)19-38,35(28,2)17-29(40)32(27)34)44-33(43-31)23-7-10-26(11-8-23)42-20-22-5-3-21(18-37)4-6-22/h3-8,10-11,13-15,27-29,31-33,37-38,40H,9,12,16-20H2,1-2H3/t27-,28-,29-,31+,32+,33+,34-,35-,36+/m0/s1. The minimum absolute atomic E-state index is 0.0000854. The van der Waals surface area contributed by atoms with Crippen molar-refractivity contribution in [3.05, 3.63) is 89.0 Å². The molecule has 3 N–H and O–H groups in total. The first-order chi connectivity index (χ1) is 21.1. The van der Waals surface area contributed by atoms with Crippen LogP contribution >= 0.6 is 0 Å². The van der Waals surface area contributed by atoms with Crippen LogP contribution in [-0.2, 0) is 32.3 Å². The molecule has 9 atom stereocenters. The summed E-state index contributed by atoms with van der Waals surface area (Å²) in [5, 5.41) is 31.3. The number of ketones is 2. The lowest BCUT2D eigenvalue weighted by molar-refractivity contribution is -0.201. The lowest BCUT2D eigenvalue weighted by atomic mass is 9.46. The predicted molar refractivity (Wildman–Crippen MR) is 160 cm³/mol. The highest BCUT2D eigenvalue weighted by Crippen LogP contribution is 2.70. The fourth-order valence-electron chi connectivity index (χ4n) is 9.46. The summed E-state index contributed by atoms with van der Waals surface area (Å²) in [6.45, 7) is 3.87. The Morgan fingerprint density at radius 3 is 2.48 bits per heavy atom. The number of aliphatic hydroxyl groups is 3. The van der Waals surface area contributed by atoms with E-state index in [-0.39, 0.29) is 30.1 Å². The maximum Gasteiger partial charge on any atom is 0.193 e. The molecule has 2 aromatic carbocycles. The topological polar surface area (TPSA) is 123 Å². The smallest absolute Gasteiger partial charge is 0.193 e. The Morgan fingerprint density at radius 2 is 1.77 bits per heavy atom. The molecule has 0 bridgehead atoms. The first-order valence-electron chi connectivity index (χ1n) is 15.6. The number of hydrogen-bond acceptors (Lipinski definition) is 8. The number of ether oxygens (including phenoxy) is 3. The highest BCUT2D eigenvalue weighted by Gasteiger charge is 2.75. The lowest BCUT2D eigenvalue weighted by Crippen LogP contribution is -2.63. The SMILES string of the molecule is C[C@]12C=CC(=O)C=C1CC[C@@H]1[C@@H]2[C@@H](O)C[C@@]2(C)[C@H]1C[C@H]1O[C@@H](c3ccc(OCc4ccc(CO)cc4)cc3)O[C@]12C(=O)CO. The van der Waals surface area contributed by atoms with Gasteiger partial charge in [-0.05, 0) is 72.9 Å². The number of allylic oxidation sites excluding steroid dienone is 4. The first kappa shape index (κ1) is 29.6. The highest BCUT2D eigenvalue weighted by molar-refractivity contribution is 6.01. The van der Waals surface area contributed by atoms with Crippen LogP contribution in [0.3, 0.4) is 0 Å². The summed E-state index contributed by atoms with van der Waals surface area (Å²) in [6.07, 6.45) is 5.79. The van der Waals surface area contributed by atoms with Crippen LogP contribution in [0.5, 0.6) is 5.75 Å². The third-order valence-corrected chi connectivity index (χ3v) is 11.6. The van der Waals surface area contributed by atoms with Crippen LogP contribution in [0.2, 0.25) is 0 Å². The van der Waals surface area contributed by atoms with Crippen molar-refractivity contribution in [1.82, 2.24) is 0 Å². The molecule has 1 saturated heterocycles. The first-order valence-corrected chi connectivity index (χ1v) is 15.6. The molecule has 0 amide bonds. The van der Waals surface area contributed by atoms with Crippen LogP contribution < -0.4 is 4.74 Å². The molecule has 0 unspecified atom stereocenters. The summed E-state index contributed by atoms with van der Waals surface area (Å²) >= 11 is 0. The van der Waals surface area contributed by atoms with Crippen LogP contribution in [-0.4, -0.2) is 51.3 Å². The minimum Gasteiger partial charge on any atom is -0.489 e. The Kier molecular flexibility index (Phi) is 7.22. The average molecular weight is 601 g/mol. The second kappa shape index (κ2) is 10.7. The van der Waals surface area contributed by atoms with Crippen LogP contribution in [0.4, 0.5) is 0 Å². The Labute approximate surface area is 257 Å². The Bertz CT molecular complexity index is 1510. The van der Waals surface area contributed by atoms with Crippen molar-refractivity contribution in [2.45, 2.75) is 76.8 Å². The van der Waals surface area contributed by atoms with Gasteiger partial charge in [0, 0.05) is 22.3 Å². The van der Waals surface area contributed by atoms with Gasteiger partial charge in [-0.1, -0.05) is 61.9 Å². The van der Waals surface area contributed by atoms with Crippen LogP contribution in [0.15, 0.2) is 72.3 Å². The summed E-state index contributed by atoms with van der Waals surface area (Å²) in [5.41, 5.74) is 1.11. The second-order valence-corrected chi connectivity index (χ2v) is 13.7. The van der Waals surface area contributed by atoms with Gasteiger partial charge in [0.15, 0.2) is 23.5 Å². The van der Waals surface area contributed by atoms with Gasteiger partial charge in [0.1, 0.15) is 19.0 Å². The number of Topliss-reactive ketones (excluding diaryl/α,β-unsaturated/α-hetero) is 1. The Morgan fingerprint density at radius 1 is 1.05 bits per heavy atom. The number of carbonyl (C=O) groups excluding carboxylic acids is 2. The van der Waals surface area contributed by atoms with E-state index in [2.05, 4.69) is 6.92 Å². The normalized spacial score (nSPS) is 38.8. The number of aliphatic hydroxyl groups excluding tert-OH is 3. The van der Waals surface area contributed by atoms with Crippen molar-refractivity contribution in [3.8, 4) is 5.75 Å². The number of benzene rings is 2. The molecule has 8 nitrogen and oxygen atoms in total. The van der Waals surface area contributed by atoms with Gasteiger partial charge in [0.05, 0.1) is 18.8 Å². The summed E-state index contributed by atoms with van der Waals surface area (Å²) in [7, 11) is 0. The van der Waals surface area contributed by atoms with E-state index in [4.69, 9.17) is 14.2 Å². The maximum absolute atomic E-state index is 13.7. The van der Waals surface area contributed by atoms with Crippen molar-refractivity contribution in [1.29, 1.82) is 0 Å². The molecular formula is C36H40O8. The van der Waals surface area contributed by atoms with Crippen molar-refractivity contribution in [2.75, 3.05) is 6.61 Å². The van der Waals surface area contributed by atoms with Gasteiger partial charge in [0.25, 0.3) is 0 Å². The van der Waals surface area contributed by atoms with Crippen LogP contribution in [0, 0.1) is 28.6 Å². The molecule has 0 radical (unpaired) electrons. The van der Waals surface area contributed by atoms with Crippen molar-refractivity contribution >= 4 is 11.6 Å². The van der Waals surface area contributed by atoms with Gasteiger partial charge >= 0.3 is 0 Å². The van der Waals surface area contributed by atoms with E-state index in [1.54, 1.807) is 12.2 Å². The zero-order valence-corrected chi connectivity index (χ0v) is 25.1. The molecule has 3 saturated carbocycles. The maximum atomic E-state index is 13.7. The number of carbonyl (C=O) groups is 2. The van der Waals surface area contributed by atoms with Crippen molar-refractivity contribution < 1.29 is 39.1 Å². The van der Waals surface area contributed by atoms with Gasteiger partial charge < -0.3 is 29.5 Å². The van der Waals surface area contributed by atoms with Crippen molar-refractivity contribution in [2.24, 2.45) is 28.6 Å². The Balaban J connectivity index is 1.12. The van der Waals surface area contributed by atoms with Gasteiger partial charge in [-0.25, -0.2) is 0 Å².